The largest absolute Gasteiger partial charge is 0.377 e. The van der Waals surface area contributed by atoms with E-state index in [1.54, 1.807) is 5.57 Å². The van der Waals surface area contributed by atoms with Crippen molar-refractivity contribution in [1.82, 2.24) is 0 Å². The molecule has 0 unspecified atom stereocenters. The van der Waals surface area contributed by atoms with E-state index in [4.69, 9.17) is 4.74 Å². The highest BCUT2D eigenvalue weighted by atomic mass is 79.9. The molecular weight excluding hydrogens is 480 g/mol. The van der Waals surface area contributed by atoms with Crippen molar-refractivity contribution in [3.8, 4) is 0 Å². The molecule has 2 heteroatoms. The lowest BCUT2D eigenvalue weighted by atomic mass is 9.46. The van der Waals surface area contributed by atoms with Crippen molar-refractivity contribution in [2.24, 2.45) is 46.3 Å². The van der Waals surface area contributed by atoms with Crippen LogP contribution in [-0.4, -0.2) is 17.5 Å². The fourth-order valence-electron chi connectivity index (χ4n) is 9.49. The van der Waals surface area contributed by atoms with Gasteiger partial charge >= 0.3 is 0 Å². The minimum Gasteiger partial charge on any atom is -0.377 e. The summed E-state index contributed by atoms with van der Waals surface area (Å²) in [5.41, 5.74) is 2.54. The van der Waals surface area contributed by atoms with E-state index in [-0.39, 0.29) is 5.41 Å². The topological polar surface area (TPSA) is 9.23 Å². The van der Waals surface area contributed by atoms with Gasteiger partial charge in [0, 0.05) is 16.8 Å². The van der Waals surface area contributed by atoms with Gasteiger partial charge in [0.25, 0.3) is 0 Å². The zero-order valence-electron chi connectivity index (χ0n) is 23.4. The zero-order valence-corrected chi connectivity index (χ0v) is 25.0. The highest BCUT2D eigenvalue weighted by Gasteiger charge is 2.62. The van der Waals surface area contributed by atoms with E-state index < -0.39 is 0 Å². The molecule has 0 spiro atoms. The van der Waals surface area contributed by atoms with Crippen LogP contribution in [0.15, 0.2) is 11.6 Å². The summed E-state index contributed by atoms with van der Waals surface area (Å²) in [6, 6.07) is 0. The number of alkyl halides is 1. The molecule has 3 fully saturated rings. The maximum absolute atomic E-state index is 6.74. The van der Waals surface area contributed by atoms with Crippen molar-refractivity contribution in [1.29, 1.82) is 0 Å². The SMILES string of the molecule is CCCCCO[C@H]1CCCC2=C[C@H](Br)[C@H]3[C@@H]4CC[C@H]([C@H](C)CCCC(C)C)[C@@]4(C)CC[C@@H]3[C@]21C. The highest BCUT2D eigenvalue weighted by Crippen LogP contribution is 2.68. The Morgan fingerprint density at radius 2 is 1.79 bits per heavy atom. The lowest BCUT2D eigenvalue weighted by Gasteiger charge is -2.61. The van der Waals surface area contributed by atoms with E-state index in [1.807, 2.05) is 0 Å². The van der Waals surface area contributed by atoms with Gasteiger partial charge in [-0.1, -0.05) is 101 Å². The van der Waals surface area contributed by atoms with Crippen LogP contribution < -0.4 is 0 Å². The number of allylic oxidation sites excluding steroid dienone is 1. The van der Waals surface area contributed by atoms with Gasteiger partial charge in [-0.05, 0) is 92.3 Å². The van der Waals surface area contributed by atoms with Crippen LogP contribution in [0.1, 0.15) is 125 Å². The number of rotatable bonds is 10. The summed E-state index contributed by atoms with van der Waals surface area (Å²) in [5, 5.41) is 0. The van der Waals surface area contributed by atoms with Gasteiger partial charge in [-0.15, -0.1) is 0 Å². The molecule has 0 radical (unpaired) electrons. The highest BCUT2D eigenvalue weighted by molar-refractivity contribution is 9.09. The molecule has 0 aliphatic heterocycles. The summed E-state index contributed by atoms with van der Waals surface area (Å²) < 4.78 is 6.74. The van der Waals surface area contributed by atoms with E-state index >= 15 is 0 Å². The number of hydrogen-bond donors (Lipinski definition) is 0. The Morgan fingerprint density at radius 1 is 1.00 bits per heavy atom. The van der Waals surface area contributed by atoms with Crippen LogP contribution in [0.2, 0.25) is 0 Å². The van der Waals surface area contributed by atoms with Gasteiger partial charge in [-0.3, -0.25) is 0 Å². The monoisotopic (exact) mass is 534 g/mol. The summed E-state index contributed by atoms with van der Waals surface area (Å²) >= 11 is 4.27. The Kier molecular flexibility index (Phi) is 9.03. The van der Waals surface area contributed by atoms with E-state index in [0.717, 1.165) is 42.1 Å². The Hall–Kier alpha value is 0.180. The Labute approximate surface area is 220 Å². The molecule has 1 nitrogen and oxygen atoms in total. The second kappa shape index (κ2) is 11.3. The van der Waals surface area contributed by atoms with Crippen molar-refractivity contribution in [3.63, 3.8) is 0 Å². The van der Waals surface area contributed by atoms with Crippen LogP contribution in [0.3, 0.4) is 0 Å². The third-order valence-electron chi connectivity index (χ3n) is 11.4. The predicted octanol–water partition coefficient (Wildman–Crippen LogP) is 9.98. The molecule has 0 N–H and O–H groups in total. The second-order valence-corrected chi connectivity index (χ2v) is 14.8. The first kappa shape index (κ1) is 27.2. The Morgan fingerprint density at radius 3 is 2.53 bits per heavy atom. The molecule has 0 aromatic rings. The molecule has 4 aliphatic rings. The average Bonchev–Trinajstić information content (AvgIpc) is 3.14. The third kappa shape index (κ3) is 4.99. The Bertz CT molecular complexity index is 699. The second-order valence-electron chi connectivity index (χ2n) is 13.7. The molecule has 0 aromatic carbocycles. The standard InChI is InChI=1S/C32H55BrO/c1-7-8-9-20-34-29-15-11-14-24-21-28(33)30-26-17-16-25(23(4)13-10-12-22(2)3)31(26,5)19-18-27(30)32(24,29)6/h21-23,25-30H,7-20H2,1-6H3/t23-,25-,26+,27+,28+,29+,30+,31-,32+/m1/s1. The minimum absolute atomic E-state index is 0.266. The lowest BCUT2D eigenvalue weighted by molar-refractivity contribution is -0.114. The number of unbranched alkanes of at least 4 members (excludes halogenated alkanes) is 2. The van der Waals surface area contributed by atoms with E-state index in [2.05, 4.69) is 63.5 Å². The van der Waals surface area contributed by atoms with Crippen molar-refractivity contribution >= 4 is 15.9 Å². The van der Waals surface area contributed by atoms with Gasteiger partial charge in [0.1, 0.15) is 0 Å². The molecule has 4 aliphatic carbocycles. The van der Waals surface area contributed by atoms with Crippen LogP contribution in [-0.2, 0) is 4.74 Å². The van der Waals surface area contributed by atoms with Gasteiger partial charge < -0.3 is 4.74 Å². The molecule has 0 amide bonds. The number of fused-ring (bicyclic) bond motifs is 5. The van der Waals surface area contributed by atoms with Crippen LogP contribution in [0.25, 0.3) is 0 Å². The first-order valence-corrected chi connectivity index (χ1v) is 16.1. The van der Waals surface area contributed by atoms with Crippen LogP contribution >= 0.6 is 15.9 Å². The van der Waals surface area contributed by atoms with E-state index in [1.165, 1.54) is 83.5 Å². The van der Waals surface area contributed by atoms with Crippen LogP contribution in [0.4, 0.5) is 0 Å². The summed E-state index contributed by atoms with van der Waals surface area (Å²) in [7, 11) is 0. The van der Waals surface area contributed by atoms with Crippen molar-refractivity contribution < 1.29 is 4.74 Å². The van der Waals surface area contributed by atoms with E-state index in [0.29, 0.717) is 16.3 Å². The first-order chi connectivity index (χ1) is 16.2. The Balaban J connectivity index is 1.52. The molecule has 0 bridgehead atoms. The zero-order chi connectivity index (χ0) is 24.5. The minimum atomic E-state index is 0.266. The maximum atomic E-state index is 6.74. The summed E-state index contributed by atoms with van der Waals surface area (Å²) in [4.78, 5) is 0.569. The molecule has 3 saturated carbocycles. The van der Waals surface area contributed by atoms with Gasteiger partial charge in [-0.25, -0.2) is 0 Å². The van der Waals surface area contributed by atoms with Crippen molar-refractivity contribution in [3.05, 3.63) is 11.6 Å². The third-order valence-corrected chi connectivity index (χ3v) is 12.2. The molecule has 9 atom stereocenters. The molecule has 34 heavy (non-hydrogen) atoms. The quantitative estimate of drug-likeness (QED) is 0.154. The van der Waals surface area contributed by atoms with E-state index in [9.17, 15) is 0 Å². The first-order valence-electron chi connectivity index (χ1n) is 15.2. The number of ether oxygens (including phenoxy) is 1. The molecule has 0 heterocycles. The predicted molar refractivity (Wildman–Crippen MR) is 150 cm³/mol. The number of hydrogen-bond acceptors (Lipinski definition) is 1. The fourth-order valence-corrected chi connectivity index (χ4v) is 10.6. The van der Waals surface area contributed by atoms with Gasteiger partial charge in [0.05, 0.1) is 6.10 Å². The van der Waals surface area contributed by atoms with Crippen LogP contribution in [0.5, 0.6) is 0 Å². The van der Waals surface area contributed by atoms with Gasteiger partial charge in [0.15, 0.2) is 0 Å². The lowest BCUT2D eigenvalue weighted by Crippen LogP contribution is -2.57. The van der Waals surface area contributed by atoms with Crippen LogP contribution in [0, 0.1) is 46.3 Å². The molecule has 0 aromatic heterocycles. The van der Waals surface area contributed by atoms with Gasteiger partial charge in [0.2, 0.25) is 0 Å². The van der Waals surface area contributed by atoms with Crippen molar-refractivity contribution in [2.45, 2.75) is 136 Å². The summed E-state index contributed by atoms with van der Waals surface area (Å²) in [6.45, 7) is 16.0. The fraction of sp³-hybridized carbons (Fsp3) is 0.938. The van der Waals surface area contributed by atoms with Crippen molar-refractivity contribution in [2.75, 3.05) is 6.61 Å². The van der Waals surface area contributed by atoms with Gasteiger partial charge in [-0.2, -0.15) is 0 Å². The maximum Gasteiger partial charge on any atom is 0.0668 e. The molecular formula is C32H55BrO. The molecule has 196 valence electrons. The normalized spacial score (nSPS) is 42.6. The molecule has 4 rings (SSSR count). The summed E-state index contributed by atoms with van der Waals surface area (Å²) in [6.07, 6.45) is 20.9. The number of halogens is 1. The smallest absolute Gasteiger partial charge is 0.0668 e. The summed E-state index contributed by atoms with van der Waals surface area (Å²) in [5.74, 6) is 5.12. The molecule has 0 saturated heterocycles. The average molecular weight is 536 g/mol.